The summed E-state index contributed by atoms with van der Waals surface area (Å²) in [5, 5.41) is 3.28. The highest BCUT2D eigenvalue weighted by molar-refractivity contribution is 7.89. The first-order chi connectivity index (χ1) is 8.40. The van der Waals surface area contributed by atoms with Crippen LogP contribution in [0.25, 0.3) is 0 Å². The summed E-state index contributed by atoms with van der Waals surface area (Å²) < 4.78 is 25.4. The molecule has 18 heavy (non-hydrogen) atoms. The predicted octanol–water partition coefficient (Wildman–Crippen LogP) is 0.990. The number of rotatable bonds is 6. The van der Waals surface area contributed by atoms with Crippen molar-refractivity contribution in [2.75, 3.05) is 18.9 Å². The van der Waals surface area contributed by atoms with Crippen molar-refractivity contribution < 1.29 is 8.42 Å². The van der Waals surface area contributed by atoms with Crippen LogP contribution in [0.3, 0.4) is 0 Å². The van der Waals surface area contributed by atoms with Crippen molar-refractivity contribution in [3.63, 3.8) is 0 Å². The normalized spacial score (nSPS) is 13.6. The highest BCUT2D eigenvalue weighted by atomic mass is 32.2. The number of hydrogen-bond donors (Lipinski definition) is 3. The van der Waals surface area contributed by atoms with Gasteiger partial charge in [-0.1, -0.05) is 13.8 Å². The molecule has 0 heterocycles. The fraction of sp³-hybridized carbons (Fsp3) is 0.500. The van der Waals surface area contributed by atoms with Gasteiger partial charge in [0.05, 0.1) is 4.90 Å². The van der Waals surface area contributed by atoms with E-state index in [0.717, 1.165) is 5.69 Å². The summed E-state index contributed by atoms with van der Waals surface area (Å²) in [5.74, 6) is 0.413. The van der Waals surface area contributed by atoms with Gasteiger partial charge in [0.15, 0.2) is 0 Å². The highest BCUT2D eigenvalue weighted by Gasteiger charge is 2.13. The fourth-order valence-corrected chi connectivity index (χ4v) is 2.29. The number of nitrogens with one attached hydrogen (secondary N) is 2. The molecule has 0 fully saturated rings. The molecular formula is C12H21N3O2S. The molecule has 0 spiro atoms. The molecule has 102 valence electrons. The zero-order valence-electron chi connectivity index (χ0n) is 11.0. The molecule has 0 aliphatic rings. The number of nitrogens with two attached hydrogens (primary N) is 1. The second-order valence-electron chi connectivity index (χ2n) is 4.46. The van der Waals surface area contributed by atoms with Crippen molar-refractivity contribution >= 4 is 15.7 Å². The van der Waals surface area contributed by atoms with E-state index >= 15 is 0 Å². The number of benzene rings is 1. The Bertz CT molecular complexity index is 469. The lowest BCUT2D eigenvalue weighted by atomic mass is 10.0. The molecule has 4 N–H and O–H groups in total. The van der Waals surface area contributed by atoms with Crippen LogP contribution in [0.1, 0.15) is 13.8 Å². The minimum absolute atomic E-state index is 0.178. The van der Waals surface area contributed by atoms with E-state index in [2.05, 4.69) is 23.9 Å². The SMILES string of the molecule is CNS(=O)(=O)c1ccc(NC(CN)C(C)C)cc1. The highest BCUT2D eigenvalue weighted by Crippen LogP contribution is 2.16. The third-order valence-electron chi connectivity index (χ3n) is 2.84. The molecule has 1 atom stereocenters. The van der Waals surface area contributed by atoms with Gasteiger partial charge in [-0.15, -0.1) is 0 Å². The number of anilines is 1. The van der Waals surface area contributed by atoms with Gasteiger partial charge in [-0.25, -0.2) is 13.1 Å². The average Bonchev–Trinajstić information content (AvgIpc) is 2.36. The Labute approximate surface area is 109 Å². The van der Waals surface area contributed by atoms with Crippen LogP contribution < -0.4 is 15.8 Å². The lowest BCUT2D eigenvalue weighted by Crippen LogP contribution is -2.33. The zero-order chi connectivity index (χ0) is 13.8. The molecule has 1 aromatic rings. The van der Waals surface area contributed by atoms with Crippen molar-refractivity contribution in [3.8, 4) is 0 Å². The largest absolute Gasteiger partial charge is 0.381 e. The Morgan fingerprint density at radius 1 is 1.22 bits per heavy atom. The Morgan fingerprint density at radius 3 is 2.17 bits per heavy atom. The van der Waals surface area contributed by atoms with Crippen LogP contribution in [0, 0.1) is 5.92 Å². The maximum Gasteiger partial charge on any atom is 0.240 e. The van der Waals surface area contributed by atoms with E-state index in [4.69, 9.17) is 5.73 Å². The third-order valence-corrected chi connectivity index (χ3v) is 4.27. The van der Waals surface area contributed by atoms with Gasteiger partial charge in [-0.2, -0.15) is 0 Å². The second-order valence-corrected chi connectivity index (χ2v) is 6.35. The molecule has 5 nitrogen and oxygen atoms in total. The van der Waals surface area contributed by atoms with Gasteiger partial charge in [0, 0.05) is 18.3 Å². The maximum atomic E-state index is 11.5. The molecule has 0 radical (unpaired) electrons. The summed E-state index contributed by atoms with van der Waals surface area (Å²) in [7, 11) is -1.97. The van der Waals surface area contributed by atoms with Crippen molar-refractivity contribution in [2.24, 2.45) is 11.7 Å². The van der Waals surface area contributed by atoms with Gasteiger partial charge >= 0.3 is 0 Å². The first kappa shape index (κ1) is 14.9. The summed E-state index contributed by atoms with van der Waals surface area (Å²) in [5.41, 5.74) is 6.54. The van der Waals surface area contributed by atoms with Gasteiger partial charge in [0.1, 0.15) is 0 Å². The van der Waals surface area contributed by atoms with E-state index in [1.165, 1.54) is 7.05 Å². The third kappa shape index (κ3) is 3.69. The summed E-state index contributed by atoms with van der Waals surface area (Å²) in [4.78, 5) is 0.254. The molecule has 0 aromatic heterocycles. The van der Waals surface area contributed by atoms with Crippen LogP contribution in [-0.4, -0.2) is 28.1 Å². The molecular weight excluding hydrogens is 250 g/mol. The van der Waals surface area contributed by atoms with E-state index in [9.17, 15) is 8.42 Å². The maximum absolute atomic E-state index is 11.5. The topological polar surface area (TPSA) is 84.2 Å². The van der Waals surface area contributed by atoms with E-state index in [0.29, 0.717) is 12.5 Å². The first-order valence-corrected chi connectivity index (χ1v) is 7.39. The molecule has 0 saturated heterocycles. The lowest BCUT2D eigenvalue weighted by Gasteiger charge is -2.21. The van der Waals surface area contributed by atoms with Crippen molar-refractivity contribution in [2.45, 2.75) is 24.8 Å². The van der Waals surface area contributed by atoms with E-state index in [-0.39, 0.29) is 10.9 Å². The molecule has 0 aliphatic carbocycles. The molecule has 1 aromatic carbocycles. The number of sulfonamides is 1. The molecule has 0 bridgehead atoms. The summed E-state index contributed by atoms with van der Waals surface area (Å²) in [6.45, 7) is 4.71. The fourth-order valence-electron chi connectivity index (χ4n) is 1.56. The Kier molecular flexibility index (Phi) is 5.13. The smallest absolute Gasteiger partial charge is 0.240 e. The monoisotopic (exact) mass is 271 g/mol. The lowest BCUT2D eigenvalue weighted by molar-refractivity contribution is 0.531. The molecule has 0 saturated carbocycles. The minimum Gasteiger partial charge on any atom is -0.381 e. The van der Waals surface area contributed by atoms with E-state index < -0.39 is 10.0 Å². The summed E-state index contributed by atoms with van der Waals surface area (Å²) in [6, 6.07) is 6.81. The molecule has 0 amide bonds. The van der Waals surface area contributed by atoms with Crippen molar-refractivity contribution in [1.82, 2.24) is 4.72 Å². The Hall–Kier alpha value is -1.11. The predicted molar refractivity (Wildman–Crippen MR) is 74.0 cm³/mol. The standard InChI is InChI=1S/C12H21N3O2S/c1-9(2)12(8-13)15-10-4-6-11(7-5-10)18(16,17)14-3/h4-7,9,12,14-15H,8,13H2,1-3H3. The van der Waals surface area contributed by atoms with Crippen LogP contribution in [0.5, 0.6) is 0 Å². The quantitative estimate of drug-likeness (QED) is 0.720. The average molecular weight is 271 g/mol. The Balaban J connectivity index is 2.84. The van der Waals surface area contributed by atoms with Gasteiger partial charge < -0.3 is 11.1 Å². The second kappa shape index (κ2) is 6.17. The summed E-state index contributed by atoms with van der Waals surface area (Å²) >= 11 is 0. The zero-order valence-corrected chi connectivity index (χ0v) is 11.8. The van der Waals surface area contributed by atoms with E-state index in [1.54, 1.807) is 24.3 Å². The van der Waals surface area contributed by atoms with Gasteiger partial charge in [-0.3, -0.25) is 0 Å². The summed E-state index contributed by atoms with van der Waals surface area (Å²) in [6.07, 6.45) is 0. The molecule has 1 rings (SSSR count). The van der Waals surface area contributed by atoms with Crippen molar-refractivity contribution in [3.05, 3.63) is 24.3 Å². The van der Waals surface area contributed by atoms with E-state index in [1.807, 2.05) is 0 Å². The van der Waals surface area contributed by atoms with Crippen molar-refractivity contribution in [1.29, 1.82) is 0 Å². The van der Waals surface area contributed by atoms with Gasteiger partial charge in [-0.05, 0) is 37.2 Å². The van der Waals surface area contributed by atoms with Gasteiger partial charge in [0.25, 0.3) is 0 Å². The van der Waals surface area contributed by atoms with Crippen LogP contribution in [0.4, 0.5) is 5.69 Å². The van der Waals surface area contributed by atoms with Crippen LogP contribution in [0.2, 0.25) is 0 Å². The molecule has 0 aliphatic heterocycles. The minimum atomic E-state index is -3.37. The Morgan fingerprint density at radius 2 is 1.78 bits per heavy atom. The van der Waals surface area contributed by atoms with Crippen LogP contribution in [0.15, 0.2) is 29.2 Å². The van der Waals surface area contributed by atoms with Gasteiger partial charge in [0.2, 0.25) is 10.0 Å². The first-order valence-electron chi connectivity index (χ1n) is 5.91. The molecule has 1 unspecified atom stereocenters. The number of hydrogen-bond acceptors (Lipinski definition) is 4. The van der Waals surface area contributed by atoms with Crippen LogP contribution in [-0.2, 0) is 10.0 Å². The molecule has 6 heteroatoms. The van der Waals surface area contributed by atoms with Crippen LogP contribution >= 0.6 is 0 Å².